The maximum absolute atomic E-state index is 10.6. The zero-order valence-corrected chi connectivity index (χ0v) is 10.2. The Morgan fingerprint density at radius 3 is 2.60 bits per heavy atom. The Morgan fingerprint density at radius 1 is 1.40 bits per heavy atom. The molecule has 4 nitrogen and oxygen atoms in total. The Kier molecular flexibility index (Phi) is 3.11. The number of likely N-dealkylation sites (N-methyl/N-ethyl adjacent to an activating group) is 1. The normalized spacial score (nSPS) is 18.1. The highest BCUT2D eigenvalue weighted by Crippen LogP contribution is 2.30. The average Bonchev–Trinajstić information content (AvgIpc) is 2.61. The van der Waals surface area contributed by atoms with Crippen LogP contribution in [0.2, 0.25) is 0 Å². The van der Waals surface area contributed by atoms with Crippen LogP contribution in [-0.4, -0.2) is 44.4 Å². The summed E-state index contributed by atoms with van der Waals surface area (Å²) in [7, 11) is 2.10. The third-order valence-electron chi connectivity index (χ3n) is 2.59. The van der Waals surface area contributed by atoms with E-state index in [2.05, 4.69) is 32.8 Å². The molecule has 1 aromatic heterocycles. The second-order valence-electron chi connectivity index (χ2n) is 3.71. The van der Waals surface area contributed by atoms with Crippen molar-refractivity contribution in [1.82, 2.24) is 4.90 Å². The Morgan fingerprint density at radius 2 is 2.07 bits per heavy atom. The van der Waals surface area contributed by atoms with Gasteiger partial charge in [0, 0.05) is 32.2 Å². The maximum Gasteiger partial charge on any atom is 0.210 e. The van der Waals surface area contributed by atoms with Gasteiger partial charge in [-0.2, -0.15) is 0 Å². The van der Waals surface area contributed by atoms with Crippen LogP contribution in [0.25, 0.3) is 0 Å². The third-order valence-corrected chi connectivity index (χ3v) is 3.16. The van der Waals surface area contributed by atoms with Crippen molar-refractivity contribution in [3.8, 4) is 0 Å². The number of nitrogens with zero attached hydrogens (tertiary/aromatic N) is 2. The molecule has 1 aliphatic rings. The minimum atomic E-state index is 0.371. The van der Waals surface area contributed by atoms with E-state index in [0.717, 1.165) is 42.8 Å². The Balaban J connectivity index is 2.14. The summed E-state index contributed by atoms with van der Waals surface area (Å²) in [5, 5.41) is 0. The first-order valence-corrected chi connectivity index (χ1v) is 5.68. The molecular weight excluding hydrogens is 260 g/mol. The van der Waals surface area contributed by atoms with E-state index < -0.39 is 0 Å². The zero-order valence-electron chi connectivity index (χ0n) is 8.57. The van der Waals surface area contributed by atoms with Crippen LogP contribution >= 0.6 is 15.9 Å². The van der Waals surface area contributed by atoms with Gasteiger partial charge in [-0.3, -0.25) is 4.79 Å². The third kappa shape index (κ3) is 2.23. The van der Waals surface area contributed by atoms with Crippen LogP contribution in [0.1, 0.15) is 10.6 Å². The number of aldehydes is 1. The Bertz CT molecular complexity index is 356. The lowest BCUT2D eigenvalue weighted by Crippen LogP contribution is -2.44. The Labute approximate surface area is 97.0 Å². The van der Waals surface area contributed by atoms with Crippen LogP contribution in [-0.2, 0) is 0 Å². The van der Waals surface area contributed by atoms with Gasteiger partial charge in [0.2, 0.25) is 5.88 Å². The molecule has 1 aliphatic heterocycles. The van der Waals surface area contributed by atoms with Gasteiger partial charge in [-0.1, -0.05) is 0 Å². The van der Waals surface area contributed by atoms with Crippen molar-refractivity contribution in [3.63, 3.8) is 0 Å². The highest BCUT2D eigenvalue weighted by atomic mass is 79.9. The molecule has 0 N–H and O–H groups in total. The summed E-state index contributed by atoms with van der Waals surface area (Å²) in [6.07, 6.45) is 0.727. The molecule has 2 heterocycles. The molecule has 15 heavy (non-hydrogen) atoms. The number of rotatable bonds is 2. The lowest BCUT2D eigenvalue weighted by atomic mass is 10.3. The van der Waals surface area contributed by atoms with Gasteiger partial charge in [-0.15, -0.1) is 0 Å². The minimum absolute atomic E-state index is 0.371. The number of anilines is 1. The predicted molar refractivity (Wildman–Crippen MR) is 61.5 cm³/mol. The van der Waals surface area contributed by atoms with E-state index in [9.17, 15) is 4.79 Å². The number of furan rings is 1. The predicted octanol–water partition coefficient (Wildman–Crippen LogP) is 1.61. The second kappa shape index (κ2) is 4.37. The first-order chi connectivity index (χ1) is 7.20. The van der Waals surface area contributed by atoms with E-state index in [4.69, 9.17) is 4.42 Å². The van der Waals surface area contributed by atoms with Gasteiger partial charge >= 0.3 is 0 Å². The summed E-state index contributed by atoms with van der Waals surface area (Å²) >= 11 is 3.40. The molecule has 0 spiro atoms. The summed E-state index contributed by atoms with van der Waals surface area (Å²) < 4.78 is 6.29. The van der Waals surface area contributed by atoms with Crippen molar-refractivity contribution >= 4 is 28.1 Å². The standard InChI is InChI=1S/C10H13BrN2O2/c1-12-2-4-13(5-3-12)10-9(11)6-8(7-14)15-10/h6-7H,2-5H2,1H3. The van der Waals surface area contributed by atoms with Gasteiger partial charge in [-0.25, -0.2) is 0 Å². The molecule has 0 amide bonds. The first-order valence-electron chi connectivity index (χ1n) is 4.88. The van der Waals surface area contributed by atoms with Gasteiger partial charge in [-0.05, 0) is 23.0 Å². The van der Waals surface area contributed by atoms with Crippen molar-refractivity contribution in [3.05, 3.63) is 16.3 Å². The smallest absolute Gasteiger partial charge is 0.210 e. The van der Waals surface area contributed by atoms with E-state index in [0.29, 0.717) is 5.76 Å². The average molecular weight is 273 g/mol. The molecule has 0 unspecified atom stereocenters. The number of carbonyl (C=O) groups is 1. The van der Waals surface area contributed by atoms with Crippen LogP contribution in [0.3, 0.4) is 0 Å². The van der Waals surface area contributed by atoms with E-state index in [1.54, 1.807) is 6.07 Å². The van der Waals surface area contributed by atoms with Crippen LogP contribution in [0.5, 0.6) is 0 Å². The van der Waals surface area contributed by atoms with Crippen molar-refractivity contribution in [2.45, 2.75) is 0 Å². The highest BCUT2D eigenvalue weighted by Gasteiger charge is 2.20. The lowest BCUT2D eigenvalue weighted by molar-refractivity contribution is 0.110. The molecule has 1 aromatic rings. The van der Waals surface area contributed by atoms with Crippen molar-refractivity contribution in [2.24, 2.45) is 0 Å². The van der Waals surface area contributed by atoms with Crippen molar-refractivity contribution < 1.29 is 9.21 Å². The molecule has 0 bridgehead atoms. The monoisotopic (exact) mass is 272 g/mol. The van der Waals surface area contributed by atoms with Crippen molar-refractivity contribution in [1.29, 1.82) is 0 Å². The van der Waals surface area contributed by atoms with Crippen LogP contribution in [0.4, 0.5) is 5.88 Å². The summed E-state index contributed by atoms with van der Waals surface area (Å²) in [6.45, 7) is 3.90. The number of halogens is 1. The van der Waals surface area contributed by atoms with Gasteiger partial charge in [0.25, 0.3) is 0 Å². The molecule has 82 valence electrons. The quantitative estimate of drug-likeness (QED) is 0.767. The first kappa shape index (κ1) is 10.7. The molecule has 0 radical (unpaired) electrons. The molecule has 1 fully saturated rings. The summed E-state index contributed by atoms with van der Waals surface area (Å²) in [5.74, 6) is 1.14. The number of hydrogen-bond donors (Lipinski definition) is 0. The molecule has 5 heteroatoms. The van der Waals surface area contributed by atoms with Gasteiger partial charge in [0.05, 0.1) is 4.47 Å². The SMILES string of the molecule is CN1CCN(c2oc(C=O)cc2Br)CC1. The highest BCUT2D eigenvalue weighted by molar-refractivity contribution is 9.10. The molecule has 0 atom stereocenters. The van der Waals surface area contributed by atoms with Gasteiger partial charge in [0.1, 0.15) is 0 Å². The molecule has 2 rings (SSSR count). The summed E-state index contributed by atoms with van der Waals surface area (Å²) in [5.41, 5.74) is 0. The van der Waals surface area contributed by atoms with E-state index in [1.165, 1.54) is 0 Å². The van der Waals surface area contributed by atoms with Gasteiger partial charge < -0.3 is 14.2 Å². The van der Waals surface area contributed by atoms with E-state index in [-0.39, 0.29) is 0 Å². The van der Waals surface area contributed by atoms with Crippen LogP contribution in [0, 0.1) is 0 Å². The summed E-state index contributed by atoms with van der Waals surface area (Å²) in [4.78, 5) is 15.0. The van der Waals surface area contributed by atoms with Crippen molar-refractivity contribution in [2.75, 3.05) is 38.1 Å². The lowest BCUT2D eigenvalue weighted by Gasteiger charge is -2.32. The van der Waals surface area contributed by atoms with E-state index in [1.807, 2.05) is 0 Å². The zero-order chi connectivity index (χ0) is 10.8. The number of hydrogen-bond acceptors (Lipinski definition) is 4. The fourth-order valence-electron chi connectivity index (χ4n) is 1.66. The van der Waals surface area contributed by atoms with Crippen LogP contribution in [0.15, 0.2) is 15.0 Å². The molecule has 0 saturated carbocycles. The molecule has 1 saturated heterocycles. The Hall–Kier alpha value is -0.810. The fourth-order valence-corrected chi connectivity index (χ4v) is 2.22. The van der Waals surface area contributed by atoms with E-state index >= 15 is 0 Å². The topological polar surface area (TPSA) is 36.7 Å². The minimum Gasteiger partial charge on any atom is -0.436 e. The number of piperazine rings is 1. The molecular formula is C10H13BrN2O2. The van der Waals surface area contributed by atoms with Crippen LogP contribution < -0.4 is 4.90 Å². The maximum atomic E-state index is 10.6. The summed E-state index contributed by atoms with van der Waals surface area (Å²) in [6, 6.07) is 1.71. The second-order valence-corrected chi connectivity index (χ2v) is 4.56. The molecule has 0 aromatic carbocycles. The fraction of sp³-hybridized carbons (Fsp3) is 0.500. The number of carbonyl (C=O) groups excluding carboxylic acids is 1. The van der Waals surface area contributed by atoms with Gasteiger partial charge in [0.15, 0.2) is 12.0 Å². The molecule has 0 aliphatic carbocycles. The largest absolute Gasteiger partial charge is 0.436 e.